The van der Waals surface area contributed by atoms with Gasteiger partial charge in [-0.3, -0.25) is 4.79 Å². The standard InChI is InChI=1S/C18H27N3O2/c1-13(2)4-5-15-6-8-16(9-7-15)20-18(23)21-11-10-17(12-21)19-14(3)22/h6-9,13,17H,4-5,10-12H2,1-3H3,(H,19,22)(H,20,23). The van der Waals surface area contributed by atoms with E-state index in [9.17, 15) is 9.59 Å². The van der Waals surface area contributed by atoms with Crippen molar-refractivity contribution in [2.75, 3.05) is 18.4 Å². The van der Waals surface area contributed by atoms with Crippen LogP contribution >= 0.6 is 0 Å². The van der Waals surface area contributed by atoms with E-state index in [4.69, 9.17) is 0 Å². The zero-order valence-corrected chi connectivity index (χ0v) is 14.3. The summed E-state index contributed by atoms with van der Waals surface area (Å²) < 4.78 is 0. The number of hydrogen-bond acceptors (Lipinski definition) is 2. The van der Waals surface area contributed by atoms with Crippen LogP contribution in [0.2, 0.25) is 0 Å². The molecule has 2 N–H and O–H groups in total. The number of amides is 3. The molecule has 0 bridgehead atoms. The molecule has 1 heterocycles. The molecule has 23 heavy (non-hydrogen) atoms. The van der Waals surface area contributed by atoms with Gasteiger partial charge in [-0.2, -0.15) is 0 Å². The fourth-order valence-corrected chi connectivity index (χ4v) is 2.76. The van der Waals surface area contributed by atoms with Gasteiger partial charge in [0.25, 0.3) is 0 Å². The Labute approximate surface area is 138 Å². The number of anilines is 1. The van der Waals surface area contributed by atoms with E-state index in [0.717, 1.165) is 18.5 Å². The Morgan fingerprint density at radius 3 is 2.57 bits per heavy atom. The van der Waals surface area contributed by atoms with E-state index < -0.39 is 0 Å². The molecule has 0 aliphatic carbocycles. The van der Waals surface area contributed by atoms with Gasteiger partial charge in [0.15, 0.2) is 0 Å². The van der Waals surface area contributed by atoms with Crippen molar-refractivity contribution in [2.24, 2.45) is 5.92 Å². The van der Waals surface area contributed by atoms with Crippen LogP contribution in [0.1, 0.15) is 39.2 Å². The quantitative estimate of drug-likeness (QED) is 0.877. The molecule has 126 valence electrons. The predicted octanol–water partition coefficient (Wildman–Crippen LogP) is 3.02. The summed E-state index contributed by atoms with van der Waals surface area (Å²) in [5, 5.41) is 5.78. The van der Waals surface area contributed by atoms with E-state index in [2.05, 4.69) is 36.6 Å². The third-order valence-corrected chi connectivity index (χ3v) is 4.10. The summed E-state index contributed by atoms with van der Waals surface area (Å²) in [5.41, 5.74) is 2.11. The van der Waals surface area contributed by atoms with Crippen molar-refractivity contribution in [3.8, 4) is 0 Å². The van der Waals surface area contributed by atoms with Crippen LogP contribution in [0.15, 0.2) is 24.3 Å². The lowest BCUT2D eigenvalue weighted by atomic mass is 10.0. The summed E-state index contributed by atoms with van der Waals surface area (Å²) in [4.78, 5) is 25.1. The van der Waals surface area contributed by atoms with Crippen LogP contribution in [0.3, 0.4) is 0 Å². The summed E-state index contributed by atoms with van der Waals surface area (Å²) >= 11 is 0. The first kappa shape index (κ1) is 17.3. The fourth-order valence-electron chi connectivity index (χ4n) is 2.76. The highest BCUT2D eigenvalue weighted by Crippen LogP contribution is 2.15. The van der Waals surface area contributed by atoms with E-state index >= 15 is 0 Å². The topological polar surface area (TPSA) is 61.4 Å². The molecule has 0 radical (unpaired) electrons. The average Bonchev–Trinajstić information content (AvgIpc) is 2.94. The Balaban J connectivity index is 1.82. The number of urea groups is 1. The maximum Gasteiger partial charge on any atom is 0.321 e. The summed E-state index contributed by atoms with van der Waals surface area (Å²) in [6, 6.07) is 8.01. The second-order valence-electron chi connectivity index (χ2n) is 6.69. The van der Waals surface area contributed by atoms with E-state index in [1.54, 1.807) is 4.90 Å². The van der Waals surface area contributed by atoms with Gasteiger partial charge in [0.1, 0.15) is 0 Å². The Hall–Kier alpha value is -2.04. The van der Waals surface area contributed by atoms with Crippen LogP contribution in [0.25, 0.3) is 0 Å². The molecular formula is C18H27N3O2. The average molecular weight is 317 g/mol. The molecule has 2 rings (SSSR count). The van der Waals surface area contributed by atoms with Crippen LogP contribution in [0, 0.1) is 5.92 Å². The van der Waals surface area contributed by atoms with Crippen LogP contribution in [-0.4, -0.2) is 36.0 Å². The molecule has 1 unspecified atom stereocenters. The van der Waals surface area contributed by atoms with E-state index in [0.29, 0.717) is 19.0 Å². The van der Waals surface area contributed by atoms with Crippen molar-refractivity contribution in [3.05, 3.63) is 29.8 Å². The van der Waals surface area contributed by atoms with Gasteiger partial charge in [-0.05, 0) is 42.9 Å². The van der Waals surface area contributed by atoms with Gasteiger partial charge in [-0.25, -0.2) is 4.79 Å². The van der Waals surface area contributed by atoms with Crippen LogP contribution in [0.4, 0.5) is 10.5 Å². The predicted molar refractivity (Wildman–Crippen MR) is 92.4 cm³/mol. The Morgan fingerprint density at radius 1 is 1.26 bits per heavy atom. The minimum Gasteiger partial charge on any atom is -0.352 e. The third-order valence-electron chi connectivity index (χ3n) is 4.10. The Bertz CT molecular complexity index is 540. The van der Waals surface area contributed by atoms with Gasteiger partial charge in [-0.1, -0.05) is 26.0 Å². The second kappa shape index (κ2) is 7.99. The summed E-state index contributed by atoms with van der Waals surface area (Å²) in [6.45, 7) is 7.18. The molecule has 0 aromatic heterocycles. The van der Waals surface area contributed by atoms with Crippen molar-refractivity contribution in [3.63, 3.8) is 0 Å². The summed E-state index contributed by atoms with van der Waals surface area (Å²) in [5.74, 6) is 0.648. The highest BCUT2D eigenvalue weighted by molar-refractivity contribution is 5.89. The SMILES string of the molecule is CC(=O)NC1CCN(C(=O)Nc2ccc(CCC(C)C)cc2)C1. The van der Waals surface area contributed by atoms with Crippen molar-refractivity contribution in [1.29, 1.82) is 0 Å². The number of carbonyl (C=O) groups excluding carboxylic acids is 2. The maximum absolute atomic E-state index is 12.2. The lowest BCUT2D eigenvalue weighted by Gasteiger charge is -2.17. The van der Waals surface area contributed by atoms with Crippen LogP contribution in [-0.2, 0) is 11.2 Å². The smallest absolute Gasteiger partial charge is 0.321 e. The van der Waals surface area contributed by atoms with Gasteiger partial charge in [0.05, 0.1) is 0 Å². The van der Waals surface area contributed by atoms with Gasteiger partial charge in [0.2, 0.25) is 5.91 Å². The maximum atomic E-state index is 12.2. The number of nitrogens with zero attached hydrogens (tertiary/aromatic N) is 1. The first-order valence-electron chi connectivity index (χ1n) is 8.36. The summed E-state index contributed by atoms with van der Waals surface area (Å²) in [6.07, 6.45) is 3.04. The number of nitrogens with one attached hydrogen (secondary N) is 2. The number of carbonyl (C=O) groups is 2. The molecule has 0 spiro atoms. The van der Waals surface area contributed by atoms with Gasteiger partial charge >= 0.3 is 6.03 Å². The molecule has 1 fully saturated rings. The molecule has 1 aliphatic heterocycles. The van der Waals surface area contributed by atoms with Gasteiger partial charge in [0, 0.05) is 31.7 Å². The Kier molecular flexibility index (Phi) is 6.02. The molecular weight excluding hydrogens is 290 g/mol. The largest absolute Gasteiger partial charge is 0.352 e. The number of likely N-dealkylation sites (tertiary alicyclic amines) is 1. The minimum atomic E-state index is -0.104. The lowest BCUT2D eigenvalue weighted by molar-refractivity contribution is -0.119. The first-order valence-corrected chi connectivity index (χ1v) is 8.36. The van der Waals surface area contributed by atoms with Crippen molar-refractivity contribution >= 4 is 17.6 Å². The zero-order valence-electron chi connectivity index (χ0n) is 14.3. The number of rotatable bonds is 5. The molecule has 1 aromatic rings. The van der Waals surface area contributed by atoms with Crippen LogP contribution in [0.5, 0.6) is 0 Å². The second-order valence-corrected chi connectivity index (χ2v) is 6.69. The minimum absolute atomic E-state index is 0.0470. The molecule has 3 amide bonds. The molecule has 1 aliphatic rings. The van der Waals surface area contributed by atoms with E-state index in [-0.39, 0.29) is 18.0 Å². The number of aryl methyl sites for hydroxylation is 1. The fraction of sp³-hybridized carbons (Fsp3) is 0.556. The van der Waals surface area contributed by atoms with E-state index in [1.165, 1.54) is 18.9 Å². The number of hydrogen-bond donors (Lipinski definition) is 2. The van der Waals surface area contributed by atoms with Crippen molar-refractivity contribution in [1.82, 2.24) is 10.2 Å². The third kappa shape index (κ3) is 5.58. The molecule has 1 atom stereocenters. The van der Waals surface area contributed by atoms with Crippen molar-refractivity contribution in [2.45, 2.75) is 46.1 Å². The Morgan fingerprint density at radius 2 is 1.96 bits per heavy atom. The molecule has 5 heteroatoms. The molecule has 0 saturated carbocycles. The van der Waals surface area contributed by atoms with Gasteiger partial charge in [-0.15, -0.1) is 0 Å². The molecule has 1 saturated heterocycles. The summed E-state index contributed by atoms with van der Waals surface area (Å²) in [7, 11) is 0. The number of benzene rings is 1. The van der Waals surface area contributed by atoms with Crippen LogP contribution < -0.4 is 10.6 Å². The van der Waals surface area contributed by atoms with E-state index in [1.807, 2.05) is 12.1 Å². The highest BCUT2D eigenvalue weighted by atomic mass is 16.2. The molecule has 1 aromatic carbocycles. The first-order chi connectivity index (χ1) is 10.9. The van der Waals surface area contributed by atoms with Gasteiger partial charge < -0.3 is 15.5 Å². The lowest BCUT2D eigenvalue weighted by Crippen LogP contribution is -2.38. The molecule has 5 nitrogen and oxygen atoms in total. The normalized spacial score (nSPS) is 17.4. The van der Waals surface area contributed by atoms with Crippen molar-refractivity contribution < 1.29 is 9.59 Å². The zero-order chi connectivity index (χ0) is 16.8. The highest BCUT2D eigenvalue weighted by Gasteiger charge is 2.26. The monoisotopic (exact) mass is 317 g/mol.